The van der Waals surface area contributed by atoms with Gasteiger partial charge in [-0.05, 0) is 25.5 Å². The van der Waals surface area contributed by atoms with Crippen molar-refractivity contribution in [3.8, 4) is 0 Å². The Labute approximate surface area is 121 Å². The van der Waals surface area contributed by atoms with Gasteiger partial charge in [0.05, 0.1) is 12.9 Å². The van der Waals surface area contributed by atoms with Gasteiger partial charge < -0.3 is 19.4 Å². The zero-order chi connectivity index (χ0) is 14.2. The minimum Gasteiger partial charge on any atom is -0.469 e. The van der Waals surface area contributed by atoms with Crippen molar-refractivity contribution in [2.24, 2.45) is 10.9 Å². The summed E-state index contributed by atoms with van der Waals surface area (Å²) < 4.78 is 10.8. The van der Waals surface area contributed by atoms with Crippen molar-refractivity contribution in [1.82, 2.24) is 10.2 Å². The van der Waals surface area contributed by atoms with Gasteiger partial charge >= 0.3 is 0 Å². The molecule has 1 fully saturated rings. The van der Waals surface area contributed by atoms with E-state index in [2.05, 4.69) is 29.2 Å². The summed E-state index contributed by atoms with van der Waals surface area (Å²) in [7, 11) is 2.09. The molecule has 1 N–H and O–H groups in total. The first-order valence-electron chi connectivity index (χ1n) is 7.39. The van der Waals surface area contributed by atoms with Crippen LogP contribution >= 0.6 is 0 Å². The van der Waals surface area contributed by atoms with Crippen molar-refractivity contribution in [1.29, 1.82) is 0 Å². The number of nitrogens with one attached hydrogen (secondary N) is 1. The van der Waals surface area contributed by atoms with Crippen LogP contribution in [0, 0.1) is 5.92 Å². The molecule has 1 aliphatic rings. The Morgan fingerprint density at radius 3 is 3.10 bits per heavy atom. The highest BCUT2D eigenvalue weighted by atomic mass is 16.5. The molecule has 0 radical (unpaired) electrons. The van der Waals surface area contributed by atoms with E-state index in [1.807, 2.05) is 12.1 Å². The Morgan fingerprint density at radius 1 is 1.55 bits per heavy atom. The van der Waals surface area contributed by atoms with Gasteiger partial charge in [0.2, 0.25) is 0 Å². The fourth-order valence-corrected chi connectivity index (χ4v) is 2.40. The average Bonchev–Trinajstić information content (AvgIpc) is 3.10. The van der Waals surface area contributed by atoms with Crippen LogP contribution in [-0.4, -0.2) is 50.8 Å². The van der Waals surface area contributed by atoms with Crippen molar-refractivity contribution >= 4 is 5.96 Å². The van der Waals surface area contributed by atoms with Crippen molar-refractivity contribution in [2.75, 3.05) is 39.9 Å². The van der Waals surface area contributed by atoms with Crippen LogP contribution < -0.4 is 5.32 Å². The van der Waals surface area contributed by atoms with Gasteiger partial charge in [-0.1, -0.05) is 0 Å². The highest BCUT2D eigenvalue weighted by molar-refractivity contribution is 5.79. The van der Waals surface area contributed by atoms with Crippen molar-refractivity contribution in [2.45, 2.75) is 19.8 Å². The van der Waals surface area contributed by atoms with Crippen LogP contribution in [0.2, 0.25) is 0 Å². The van der Waals surface area contributed by atoms with Crippen LogP contribution in [0.4, 0.5) is 0 Å². The maximum Gasteiger partial charge on any atom is 0.193 e. The fourth-order valence-electron chi connectivity index (χ4n) is 2.40. The normalized spacial score (nSPS) is 19.3. The second-order valence-corrected chi connectivity index (χ2v) is 5.18. The second-order valence-electron chi connectivity index (χ2n) is 5.18. The molecule has 2 rings (SSSR count). The minimum atomic E-state index is 0.619. The van der Waals surface area contributed by atoms with Gasteiger partial charge in [-0.3, -0.25) is 4.99 Å². The lowest BCUT2D eigenvalue weighted by atomic mass is 10.1. The molecule has 0 saturated carbocycles. The molecular formula is C15H25N3O2. The third-order valence-corrected chi connectivity index (χ3v) is 3.45. The van der Waals surface area contributed by atoms with E-state index in [1.54, 1.807) is 6.26 Å². The lowest BCUT2D eigenvalue weighted by Gasteiger charge is -2.24. The summed E-state index contributed by atoms with van der Waals surface area (Å²) in [5.74, 6) is 2.57. The second kappa shape index (κ2) is 7.94. The standard InChI is InChI=1S/C15H25N3O2/c1-3-16-15(17-8-6-14-5-4-9-20-14)18(2)11-13-7-10-19-12-13/h4-5,9,13H,3,6-8,10-12H2,1-2H3,(H,16,17). The Bertz CT molecular complexity index is 397. The molecule has 0 spiro atoms. The molecule has 1 atom stereocenters. The topological polar surface area (TPSA) is 50.0 Å². The molecule has 1 aromatic rings. The molecule has 1 aromatic heterocycles. The van der Waals surface area contributed by atoms with Crippen LogP contribution in [0.1, 0.15) is 19.1 Å². The van der Waals surface area contributed by atoms with Gasteiger partial charge in [0.1, 0.15) is 5.76 Å². The number of guanidine groups is 1. The quantitative estimate of drug-likeness (QED) is 0.637. The SMILES string of the molecule is CCNC(=NCCc1ccco1)N(C)CC1CCOC1. The average molecular weight is 279 g/mol. The summed E-state index contributed by atoms with van der Waals surface area (Å²) in [6.07, 6.45) is 3.69. The van der Waals surface area contributed by atoms with Crippen LogP contribution in [0.5, 0.6) is 0 Å². The zero-order valence-electron chi connectivity index (χ0n) is 12.5. The molecule has 2 heterocycles. The first-order chi connectivity index (χ1) is 9.79. The molecule has 0 aliphatic carbocycles. The molecule has 112 valence electrons. The van der Waals surface area contributed by atoms with Gasteiger partial charge in [0, 0.05) is 45.6 Å². The number of hydrogen-bond donors (Lipinski definition) is 1. The highest BCUT2D eigenvalue weighted by Crippen LogP contribution is 2.13. The summed E-state index contributed by atoms with van der Waals surface area (Å²) in [4.78, 5) is 6.86. The van der Waals surface area contributed by atoms with Gasteiger partial charge in [-0.2, -0.15) is 0 Å². The van der Waals surface area contributed by atoms with Crippen LogP contribution in [0.15, 0.2) is 27.8 Å². The summed E-state index contributed by atoms with van der Waals surface area (Å²) in [5.41, 5.74) is 0. The molecule has 0 aromatic carbocycles. The van der Waals surface area contributed by atoms with Crippen LogP contribution in [0.25, 0.3) is 0 Å². The summed E-state index contributed by atoms with van der Waals surface area (Å²) in [6.45, 7) is 6.47. The highest BCUT2D eigenvalue weighted by Gasteiger charge is 2.18. The van der Waals surface area contributed by atoms with Gasteiger partial charge in [0.25, 0.3) is 0 Å². The predicted molar refractivity (Wildman–Crippen MR) is 79.9 cm³/mol. The van der Waals surface area contributed by atoms with E-state index < -0.39 is 0 Å². The van der Waals surface area contributed by atoms with E-state index in [0.717, 1.165) is 57.4 Å². The lowest BCUT2D eigenvalue weighted by Crippen LogP contribution is -2.41. The smallest absolute Gasteiger partial charge is 0.193 e. The number of rotatable bonds is 6. The molecule has 20 heavy (non-hydrogen) atoms. The third-order valence-electron chi connectivity index (χ3n) is 3.45. The number of aliphatic imine (C=N–C) groups is 1. The Kier molecular flexibility index (Phi) is 5.92. The fraction of sp³-hybridized carbons (Fsp3) is 0.667. The Morgan fingerprint density at radius 2 is 2.45 bits per heavy atom. The van der Waals surface area contributed by atoms with Crippen molar-refractivity contribution < 1.29 is 9.15 Å². The number of furan rings is 1. The monoisotopic (exact) mass is 279 g/mol. The third kappa shape index (κ3) is 4.56. The van der Waals surface area contributed by atoms with E-state index in [0.29, 0.717) is 5.92 Å². The Balaban J connectivity index is 1.83. The lowest BCUT2D eigenvalue weighted by molar-refractivity contribution is 0.181. The Hall–Kier alpha value is -1.49. The maximum atomic E-state index is 5.43. The molecule has 1 aliphatic heterocycles. The maximum absolute atomic E-state index is 5.43. The van der Waals surface area contributed by atoms with E-state index in [4.69, 9.17) is 9.15 Å². The van der Waals surface area contributed by atoms with Crippen molar-refractivity contribution in [3.05, 3.63) is 24.2 Å². The van der Waals surface area contributed by atoms with E-state index in [9.17, 15) is 0 Å². The zero-order valence-corrected chi connectivity index (χ0v) is 12.5. The number of hydrogen-bond acceptors (Lipinski definition) is 3. The number of nitrogens with zero attached hydrogens (tertiary/aromatic N) is 2. The van der Waals surface area contributed by atoms with Crippen LogP contribution in [0.3, 0.4) is 0 Å². The van der Waals surface area contributed by atoms with E-state index in [-0.39, 0.29) is 0 Å². The van der Waals surface area contributed by atoms with Gasteiger partial charge in [-0.15, -0.1) is 0 Å². The van der Waals surface area contributed by atoms with E-state index in [1.165, 1.54) is 0 Å². The molecule has 1 unspecified atom stereocenters. The summed E-state index contributed by atoms with van der Waals surface area (Å²) in [5, 5.41) is 3.34. The molecule has 1 saturated heterocycles. The van der Waals surface area contributed by atoms with E-state index >= 15 is 0 Å². The number of ether oxygens (including phenoxy) is 1. The summed E-state index contributed by atoms with van der Waals surface area (Å²) in [6, 6.07) is 3.90. The van der Waals surface area contributed by atoms with Crippen molar-refractivity contribution in [3.63, 3.8) is 0 Å². The molecule has 0 bridgehead atoms. The molecular weight excluding hydrogens is 254 g/mol. The molecule has 5 heteroatoms. The van der Waals surface area contributed by atoms with Crippen LogP contribution in [-0.2, 0) is 11.2 Å². The first-order valence-corrected chi connectivity index (χ1v) is 7.39. The largest absolute Gasteiger partial charge is 0.469 e. The predicted octanol–water partition coefficient (Wildman–Crippen LogP) is 1.76. The first kappa shape index (κ1) is 14.9. The summed E-state index contributed by atoms with van der Waals surface area (Å²) >= 11 is 0. The molecule has 0 amide bonds. The van der Waals surface area contributed by atoms with Gasteiger partial charge in [-0.25, -0.2) is 0 Å². The minimum absolute atomic E-state index is 0.619. The van der Waals surface area contributed by atoms with Gasteiger partial charge in [0.15, 0.2) is 5.96 Å². The molecule has 5 nitrogen and oxygen atoms in total.